The molecular weight excluding hydrogens is 308 g/mol. The molecule has 2 aromatic rings. The third-order valence-corrected chi connectivity index (χ3v) is 4.17. The summed E-state index contributed by atoms with van der Waals surface area (Å²) in [5.74, 6) is 0. The van der Waals surface area contributed by atoms with Crippen molar-refractivity contribution in [1.29, 1.82) is 5.26 Å². The summed E-state index contributed by atoms with van der Waals surface area (Å²) in [4.78, 5) is 1.35. The average molecular weight is 321 g/mol. The fourth-order valence-corrected chi connectivity index (χ4v) is 3.10. The van der Waals surface area contributed by atoms with Gasteiger partial charge in [-0.1, -0.05) is 12.1 Å². The van der Waals surface area contributed by atoms with Crippen LogP contribution in [0.4, 0.5) is 5.69 Å². The molecule has 0 bridgehead atoms. The number of rotatable bonds is 4. The minimum absolute atomic E-state index is 0.296. The minimum atomic E-state index is 0.296. The number of nitrogens with one attached hydrogen (secondary N) is 1. The number of nitrogens with zero attached hydrogens (tertiary/aromatic N) is 1. The predicted octanol–water partition coefficient (Wildman–Crippen LogP) is 4.43. The van der Waals surface area contributed by atoms with Gasteiger partial charge in [0.1, 0.15) is 6.07 Å². The fraction of sp³-hybridized carbons (Fsp3) is 0.214. The summed E-state index contributed by atoms with van der Waals surface area (Å²) >= 11 is 5.16. The minimum Gasteiger partial charge on any atom is -0.381 e. The van der Waals surface area contributed by atoms with Crippen molar-refractivity contribution in [1.82, 2.24) is 0 Å². The van der Waals surface area contributed by atoms with Crippen molar-refractivity contribution in [2.24, 2.45) is 0 Å². The second kappa shape index (κ2) is 6.03. The van der Waals surface area contributed by atoms with Crippen LogP contribution in [0, 0.1) is 11.3 Å². The zero-order valence-electron chi connectivity index (χ0n) is 9.98. The maximum absolute atomic E-state index is 9.15. The molecule has 0 amide bonds. The maximum Gasteiger partial charge on any atom is 0.103 e. The molecule has 0 spiro atoms. The number of nitriles is 1. The topological polar surface area (TPSA) is 35.8 Å². The molecular formula is C14H13BrN2S. The number of halogens is 1. The molecule has 0 fully saturated rings. The first-order valence-electron chi connectivity index (χ1n) is 5.68. The van der Waals surface area contributed by atoms with Gasteiger partial charge >= 0.3 is 0 Å². The Morgan fingerprint density at radius 1 is 1.39 bits per heavy atom. The van der Waals surface area contributed by atoms with Gasteiger partial charge in [-0.3, -0.25) is 0 Å². The summed E-state index contributed by atoms with van der Waals surface area (Å²) in [6.45, 7) is 2.13. The fourth-order valence-electron chi connectivity index (χ4n) is 1.81. The zero-order chi connectivity index (χ0) is 13.0. The van der Waals surface area contributed by atoms with Crippen molar-refractivity contribution in [3.63, 3.8) is 0 Å². The molecule has 0 aliphatic heterocycles. The van der Waals surface area contributed by atoms with Crippen molar-refractivity contribution < 1.29 is 0 Å². The Bertz CT molecular complexity index is 558. The summed E-state index contributed by atoms with van der Waals surface area (Å²) in [6, 6.07) is 12.5. The van der Waals surface area contributed by atoms with Crippen LogP contribution in [0.15, 0.2) is 40.2 Å². The van der Waals surface area contributed by atoms with E-state index in [1.54, 1.807) is 11.3 Å². The van der Waals surface area contributed by atoms with Crippen molar-refractivity contribution in [3.05, 3.63) is 50.6 Å². The summed E-state index contributed by atoms with van der Waals surface area (Å²) in [5, 5.41) is 14.6. The molecule has 92 valence electrons. The number of anilines is 1. The monoisotopic (exact) mass is 320 g/mol. The Hall–Kier alpha value is -1.31. The smallest absolute Gasteiger partial charge is 0.103 e. The second-order valence-electron chi connectivity index (χ2n) is 4.10. The van der Waals surface area contributed by atoms with Crippen molar-refractivity contribution >= 4 is 33.0 Å². The lowest BCUT2D eigenvalue weighted by Gasteiger charge is -2.16. The van der Waals surface area contributed by atoms with Crippen molar-refractivity contribution in [3.8, 4) is 6.07 Å². The van der Waals surface area contributed by atoms with Gasteiger partial charge in [-0.2, -0.15) is 5.26 Å². The van der Waals surface area contributed by atoms with Crippen LogP contribution in [0.3, 0.4) is 0 Å². The van der Waals surface area contributed by atoms with Gasteiger partial charge in [0.05, 0.1) is 11.3 Å². The second-order valence-corrected chi connectivity index (χ2v) is 5.99. The Morgan fingerprint density at radius 2 is 2.22 bits per heavy atom. The summed E-state index contributed by atoms with van der Waals surface area (Å²) < 4.78 is 0.832. The van der Waals surface area contributed by atoms with E-state index in [2.05, 4.69) is 51.8 Å². The lowest BCUT2D eigenvalue weighted by atomic mass is 10.1. The molecule has 2 rings (SSSR count). The van der Waals surface area contributed by atoms with Gasteiger partial charge in [-0.15, -0.1) is 11.3 Å². The third-order valence-electron chi connectivity index (χ3n) is 2.61. The number of hydrogen-bond acceptors (Lipinski definition) is 3. The first kappa shape index (κ1) is 13.1. The molecule has 0 saturated heterocycles. The van der Waals surface area contributed by atoms with Crippen LogP contribution < -0.4 is 5.32 Å². The molecule has 0 aliphatic carbocycles. The molecule has 1 aromatic heterocycles. The average Bonchev–Trinajstić information content (AvgIpc) is 2.82. The Labute approximate surface area is 119 Å². The lowest BCUT2D eigenvalue weighted by molar-refractivity contribution is 0.800. The van der Waals surface area contributed by atoms with E-state index in [1.165, 1.54) is 4.88 Å². The van der Waals surface area contributed by atoms with Gasteiger partial charge in [0.15, 0.2) is 0 Å². The molecule has 0 radical (unpaired) electrons. The Balaban J connectivity index is 2.10. The van der Waals surface area contributed by atoms with E-state index in [1.807, 2.05) is 18.2 Å². The van der Waals surface area contributed by atoms with Crippen LogP contribution in [0.5, 0.6) is 0 Å². The van der Waals surface area contributed by atoms with Crippen LogP contribution in [-0.4, -0.2) is 6.04 Å². The molecule has 4 heteroatoms. The summed E-state index contributed by atoms with van der Waals surface area (Å²) in [7, 11) is 0. The Kier molecular flexibility index (Phi) is 4.40. The van der Waals surface area contributed by atoms with Crippen LogP contribution in [-0.2, 0) is 6.42 Å². The normalized spacial score (nSPS) is 11.8. The SMILES string of the molecule is CC(Cc1cccs1)Nc1cccc(Br)c1C#N. The quantitative estimate of drug-likeness (QED) is 0.904. The van der Waals surface area contributed by atoms with Crippen LogP contribution in [0.1, 0.15) is 17.4 Å². The van der Waals surface area contributed by atoms with Gasteiger partial charge in [-0.05, 0) is 46.4 Å². The number of thiophene rings is 1. The molecule has 2 nitrogen and oxygen atoms in total. The van der Waals surface area contributed by atoms with Gasteiger partial charge in [0.25, 0.3) is 0 Å². The molecule has 18 heavy (non-hydrogen) atoms. The molecule has 1 heterocycles. The molecule has 1 unspecified atom stereocenters. The first-order valence-corrected chi connectivity index (χ1v) is 7.35. The van der Waals surface area contributed by atoms with Gasteiger partial charge < -0.3 is 5.32 Å². The maximum atomic E-state index is 9.15. The molecule has 1 atom stereocenters. The van der Waals surface area contributed by atoms with E-state index >= 15 is 0 Å². The standard InChI is InChI=1S/C14H13BrN2S/c1-10(8-11-4-3-7-18-11)17-14-6-2-5-13(15)12(14)9-16/h2-7,10,17H,8H2,1H3. The van der Waals surface area contributed by atoms with E-state index in [9.17, 15) is 0 Å². The predicted molar refractivity (Wildman–Crippen MR) is 80.0 cm³/mol. The number of benzene rings is 1. The van der Waals surface area contributed by atoms with Crippen LogP contribution in [0.2, 0.25) is 0 Å². The van der Waals surface area contributed by atoms with E-state index < -0.39 is 0 Å². The highest BCUT2D eigenvalue weighted by atomic mass is 79.9. The molecule has 1 N–H and O–H groups in total. The Morgan fingerprint density at radius 3 is 2.89 bits per heavy atom. The van der Waals surface area contributed by atoms with Crippen LogP contribution in [0.25, 0.3) is 0 Å². The summed E-state index contributed by atoms with van der Waals surface area (Å²) in [5.41, 5.74) is 1.55. The van der Waals surface area contributed by atoms with Gasteiger partial charge in [0, 0.05) is 21.8 Å². The van der Waals surface area contributed by atoms with Gasteiger partial charge in [0.2, 0.25) is 0 Å². The third kappa shape index (κ3) is 3.12. The first-order chi connectivity index (χ1) is 8.70. The van der Waals surface area contributed by atoms with Crippen molar-refractivity contribution in [2.45, 2.75) is 19.4 Å². The van der Waals surface area contributed by atoms with Crippen molar-refractivity contribution in [2.75, 3.05) is 5.32 Å². The zero-order valence-corrected chi connectivity index (χ0v) is 12.4. The van der Waals surface area contributed by atoms with E-state index in [4.69, 9.17) is 5.26 Å². The van der Waals surface area contributed by atoms with E-state index in [0.717, 1.165) is 16.6 Å². The molecule has 0 saturated carbocycles. The summed E-state index contributed by atoms with van der Waals surface area (Å²) in [6.07, 6.45) is 0.967. The van der Waals surface area contributed by atoms with Crippen LogP contribution >= 0.6 is 27.3 Å². The van der Waals surface area contributed by atoms with E-state index in [0.29, 0.717) is 11.6 Å². The number of hydrogen-bond donors (Lipinski definition) is 1. The molecule has 0 aliphatic rings. The highest BCUT2D eigenvalue weighted by Gasteiger charge is 2.09. The molecule has 1 aromatic carbocycles. The largest absolute Gasteiger partial charge is 0.381 e. The highest BCUT2D eigenvalue weighted by molar-refractivity contribution is 9.10. The lowest BCUT2D eigenvalue weighted by Crippen LogP contribution is -2.18. The van der Waals surface area contributed by atoms with E-state index in [-0.39, 0.29) is 0 Å². The highest BCUT2D eigenvalue weighted by Crippen LogP contribution is 2.25. The van der Waals surface area contributed by atoms with Gasteiger partial charge in [-0.25, -0.2) is 0 Å².